The number of nitrogens with one attached hydrogen (secondary N) is 1. The number of para-hydroxylation sites is 1. The second-order valence-corrected chi connectivity index (χ2v) is 6.45. The molecule has 2 aliphatic heterocycles. The average molecular weight is 302 g/mol. The Labute approximate surface area is 130 Å². The quantitative estimate of drug-likeness (QED) is 0.865. The number of hydrogen-bond acceptors (Lipinski definition) is 3. The minimum atomic E-state index is -0.00144. The molecular formula is C17H22N2O3. The number of hydrogen-bond donors (Lipinski definition) is 1. The van der Waals surface area contributed by atoms with Gasteiger partial charge in [-0.25, -0.2) is 4.79 Å². The van der Waals surface area contributed by atoms with Gasteiger partial charge in [0.1, 0.15) is 0 Å². The van der Waals surface area contributed by atoms with E-state index in [1.807, 2.05) is 23.1 Å². The Morgan fingerprint density at radius 1 is 1.09 bits per heavy atom. The van der Waals surface area contributed by atoms with Crippen molar-refractivity contribution in [1.82, 2.24) is 4.90 Å². The van der Waals surface area contributed by atoms with E-state index in [4.69, 9.17) is 9.47 Å². The van der Waals surface area contributed by atoms with Crippen LogP contribution in [0.1, 0.15) is 38.5 Å². The molecule has 2 amide bonds. The molecule has 22 heavy (non-hydrogen) atoms. The van der Waals surface area contributed by atoms with Crippen molar-refractivity contribution in [2.75, 3.05) is 25.1 Å². The summed E-state index contributed by atoms with van der Waals surface area (Å²) < 4.78 is 11.5. The molecular weight excluding hydrogens is 280 g/mol. The molecule has 0 radical (unpaired) electrons. The van der Waals surface area contributed by atoms with Crippen molar-refractivity contribution >= 4 is 11.7 Å². The van der Waals surface area contributed by atoms with Crippen LogP contribution < -0.4 is 14.8 Å². The molecule has 1 saturated heterocycles. The van der Waals surface area contributed by atoms with Gasteiger partial charge in [0.15, 0.2) is 11.5 Å². The van der Waals surface area contributed by atoms with Gasteiger partial charge in [-0.3, -0.25) is 0 Å². The Morgan fingerprint density at radius 3 is 2.73 bits per heavy atom. The molecule has 0 atom stereocenters. The fourth-order valence-corrected chi connectivity index (χ4v) is 3.83. The summed E-state index contributed by atoms with van der Waals surface area (Å²) >= 11 is 0. The van der Waals surface area contributed by atoms with Crippen LogP contribution in [0.15, 0.2) is 18.2 Å². The zero-order valence-electron chi connectivity index (χ0n) is 12.8. The highest BCUT2D eigenvalue weighted by Crippen LogP contribution is 2.46. The van der Waals surface area contributed by atoms with E-state index in [1.54, 1.807) is 0 Å². The molecule has 1 saturated carbocycles. The molecule has 0 unspecified atom stereocenters. The van der Waals surface area contributed by atoms with E-state index in [0.29, 0.717) is 24.7 Å². The first-order chi connectivity index (χ1) is 10.8. The fraction of sp³-hybridized carbons (Fsp3) is 0.588. The van der Waals surface area contributed by atoms with Crippen LogP contribution in [0.2, 0.25) is 0 Å². The Morgan fingerprint density at radius 2 is 1.91 bits per heavy atom. The minimum absolute atomic E-state index is 0.00144. The van der Waals surface area contributed by atoms with Crippen molar-refractivity contribution in [2.24, 2.45) is 0 Å². The van der Waals surface area contributed by atoms with Gasteiger partial charge in [0, 0.05) is 18.5 Å². The maximum Gasteiger partial charge on any atom is 0.322 e. The summed E-state index contributed by atoms with van der Waals surface area (Å²) in [6.45, 7) is 2.13. The maximum absolute atomic E-state index is 12.7. The average Bonchev–Trinajstić information content (AvgIpc) is 2.81. The summed E-state index contributed by atoms with van der Waals surface area (Å²) in [6.07, 6.45) is 6.64. The number of nitrogens with zero attached hydrogens (tertiary/aromatic N) is 1. The largest absolute Gasteiger partial charge is 0.489 e. The molecule has 3 aliphatic rings. The molecule has 5 nitrogen and oxygen atoms in total. The van der Waals surface area contributed by atoms with Crippen molar-refractivity contribution in [3.8, 4) is 11.5 Å². The molecule has 1 aliphatic carbocycles. The number of amides is 2. The zero-order valence-corrected chi connectivity index (χ0v) is 12.8. The first kappa shape index (κ1) is 13.7. The third-order valence-corrected chi connectivity index (χ3v) is 5.14. The number of rotatable bonds is 1. The molecule has 5 heteroatoms. The molecule has 0 bridgehead atoms. The highest BCUT2D eigenvalue weighted by atomic mass is 16.5. The van der Waals surface area contributed by atoms with Crippen molar-refractivity contribution in [3.63, 3.8) is 0 Å². The molecule has 1 N–H and O–H groups in total. The Balaban J connectivity index is 1.55. The molecule has 1 aromatic rings. The smallest absolute Gasteiger partial charge is 0.322 e. The van der Waals surface area contributed by atoms with Gasteiger partial charge in [0.05, 0.1) is 18.9 Å². The monoisotopic (exact) mass is 302 g/mol. The van der Waals surface area contributed by atoms with Crippen molar-refractivity contribution in [1.29, 1.82) is 0 Å². The lowest BCUT2D eigenvalue weighted by molar-refractivity contribution is 0.0881. The lowest BCUT2D eigenvalue weighted by atomic mass is 9.75. The predicted octanol–water partition coefficient (Wildman–Crippen LogP) is 3.40. The Kier molecular flexibility index (Phi) is 3.36. The third kappa shape index (κ3) is 2.19. The molecule has 0 aromatic heterocycles. The normalized spacial score (nSPS) is 22.1. The van der Waals surface area contributed by atoms with Gasteiger partial charge >= 0.3 is 6.03 Å². The topological polar surface area (TPSA) is 50.8 Å². The highest BCUT2D eigenvalue weighted by Gasteiger charge is 2.47. The van der Waals surface area contributed by atoms with Gasteiger partial charge in [0.25, 0.3) is 0 Å². The SMILES string of the molecule is O=C(Nc1cccc2c1OCCCO2)N1CCCC12CCC2. The molecule has 2 heterocycles. The summed E-state index contributed by atoms with van der Waals surface area (Å²) in [5.74, 6) is 1.38. The number of benzene rings is 1. The molecule has 1 spiro atoms. The number of fused-ring (bicyclic) bond motifs is 1. The van der Waals surface area contributed by atoms with E-state index in [2.05, 4.69) is 5.32 Å². The second kappa shape index (κ2) is 5.38. The minimum Gasteiger partial charge on any atom is -0.489 e. The van der Waals surface area contributed by atoms with Crippen LogP contribution in [-0.4, -0.2) is 36.2 Å². The number of anilines is 1. The van der Waals surface area contributed by atoms with Crippen LogP contribution in [0.5, 0.6) is 11.5 Å². The first-order valence-corrected chi connectivity index (χ1v) is 8.26. The van der Waals surface area contributed by atoms with Gasteiger partial charge in [-0.2, -0.15) is 0 Å². The standard InChI is InChI=1S/C17H22N2O3/c20-16(19-10-3-9-17(19)7-2-8-17)18-13-5-1-6-14-15(13)22-12-4-11-21-14/h1,5-6H,2-4,7-12H2,(H,18,20). The Hall–Kier alpha value is -1.91. The van der Waals surface area contributed by atoms with E-state index < -0.39 is 0 Å². The summed E-state index contributed by atoms with van der Waals surface area (Å²) in [7, 11) is 0. The molecule has 2 fully saturated rings. The van der Waals surface area contributed by atoms with Crippen molar-refractivity contribution < 1.29 is 14.3 Å². The highest BCUT2D eigenvalue weighted by molar-refractivity contribution is 5.92. The second-order valence-electron chi connectivity index (χ2n) is 6.45. The van der Waals surface area contributed by atoms with Crippen LogP contribution in [0.4, 0.5) is 10.5 Å². The van der Waals surface area contributed by atoms with Gasteiger partial charge in [-0.1, -0.05) is 6.07 Å². The first-order valence-electron chi connectivity index (χ1n) is 8.26. The van der Waals surface area contributed by atoms with E-state index in [-0.39, 0.29) is 11.6 Å². The summed E-state index contributed by atoms with van der Waals surface area (Å²) in [5, 5.41) is 3.05. The van der Waals surface area contributed by atoms with E-state index in [9.17, 15) is 4.79 Å². The molecule has 118 valence electrons. The maximum atomic E-state index is 12.7. The van der Waals surface area contributed by atoms with Crippen LogP contribution in [0.25, 0.3) is 0 Å². The number of carbonyl (C=O) groups is 1. The molecule has 1 aromatic carbocycles. The van der Waals surface area contributed by atoms with Crippen LogP contribution in [0.3, 0.4) is 0 Å². The Bertz CT molecular complexity index is 583. The van der Waals surface area contributed by atoms with Gasteiger partial charge < -0.3 is 19.7 Å². The summed E-state index contributed by atoms with van der Waals surface area (Å²) in [6, 6.07) is 5.67. The fourth-order valence-electron chi connectivity index (χ4n) is 3.83. The van der Waals surface area contributed by atoms with Gasteiger partial charge in [-0.15, -0.1) is 0 Å². The van der Waals surface area contributed by atoms with E-state index >= 15 is 0 Å². The van der Waals surface area contributed by atoms with Crippen LogP contribution in [0, 0.1) is 0 Å². The van der Waals surface area contributed by atoms with Gasteiger partial charge in [0.2, 0.25) is 0 Å². The lowest BCUT2D eigenvalue weighted by Gasteiger charge is -2.45. The van der Waals surface area contributed by atoms with Crippen molar-refractivity contribution in [3.05, 3.63) is 18.2 Å². The number of carbonyl (C=O) groups excluding carboxylic acids is 1. The lowest BCUT2D eigenvalue weighted by Crippen LogP contribution is -2.53. The zero-order chi connectivity index (χ0) is 15.0. The van der Waals surface area contributed by atoms with E-state index in [1.165, 1.54) is 6.42 Å². The number of ether oxygens (including phenoxy) is 2. The number of likely N-dealkylation sites (tertiary alicyclic amines) is 1. The van der Waals surface area contributed by atoms with E-state index in [0.717, 1.165) is 44.4 Å². The summed E-state index contributed by atoms with van der Waals surface area (Å²) in [4.78, 5) is 14.7. The predicted molar refractivity (Wildman–Crippen MR) is 83.6 cm³/mol. The van der Waals surface area contributed by atoms with Crippen LogP contribution >= 0.6 is 0 Å². The third-order valence-electron chi connectivity index (χ3n) is 5.14. The molecule has 4 rings (SSSR count). The van der Waals surface area contributed by atoms with Crippen molar-refractivity contribution in [2.45, 2.75) is 44.1 Å². The van der Waals surface area contributed by atoms with Crippen LogP contribution in [-0.2, 0) is 0 Å². The van der Waals surface area contributed by atoms with Gasteiger partial charge in [-0.05, 0) is 44.2 Å². The summed E-state index contributed by atoms with van der Waals surface area (Å²) in [5.41, 5.74) is 0.846. The number of urea groups is 1.